The average Bonchev–Trinajstić information content (AvgIpc) is 2.87. The Hall–Kier alpha value is -4.32. The van der Waals surface area contributed by atoms with E-state index in [9.17, 15) is 26.4 Å². The number of nitrogens with two attached hydrogens (primary N) is 1. The van der Waals surface area contributed by atoms with Crippen LogP contribution in [0.15, 0.2) is 77.8 Å². The maximum Gasteiger partial charge on any atom is 0.573 e. The molecule has 4 rings (SSSR count). The highest BCUT2D eigenvalue weighted by Gasteiger charge is 2.32. The van der Waals surface area contributed by atoms with Crippen molar-refractivity contribution in [2.75, 3.05) is 11.4 Å². The lowest BCUT2D eigenvalue weighted by Gasteiger charge is -2.26. The van der Waals surface area contributed by atoms with Gasteiger partial charge in [-0.15, -0.1) is 13.2 Å². The topological polar surface area (TPSA) is 112 Å². The zero-order valence-electron chi connectivity index (χ0n) is 20.2. The monoisotopic (exact) mass is 545 g/mol. The minimum Gasteiger partial charge on any atom is -0.496 e. The number of fused-ring (bicyclic) bond motifs is 1. The number of methoxy groups -OCH3 is 1. The van der Waals surface area contributed by atoms with Crippen LogP contribution in [-0.2, 0) is 16.6 Å². The summed E-state index contributed by atoms with van der Waals surface area (Å²) >= 11 is 0. The molecular weight excluding hydrogens is 523 g/mol. The van der Waals surface area contributed by atoms with Crippen molar-refractivity contribution in [3.63, 3.8) is 0 Å². The van der Waals surface area contributed by atoms with Crippen LogP contribution in [0.5, 0.6) is 11.5 Å². The van der Waals surface area contributed by atoms with Crippen molar-refractivity contribution < 1.29 is 35.9 Å². The molecule has 0 saturated carbocycles. The molecule has 1 aromatic heterocycles. The number of rotatable bonds is 8. The summed E-state index contributed by atoms with van der Waals surface area (Å²) < 4.78 is 75.8. The second kappa shape index (κ2) is 10.2. The fourth-order valence-corrected chi connectivity index (χ4v) is 5.43. The molecule has 0 aliphatic carbocycles. The first-order chi connectivity index (χ1) is 17.9. The Bertz CT molecular complexity index is 1610. The van der Waals surface area contributed by atoms with Crippen molar-refractivity contribution in [3.8, 4) is 11.5 Å². The minimum absolute atomic E-state index is 0.00161. The fourth-order valence-electron chi connectivity index (χ4n) is 3.95. The van der Waals surface area contributed by atoms with E-state index in [1.165, 1.54) is 43.6 Å². The molecule has 0 aliphatic rings. The third-order valence-corrected chi connectivity index (χ3v) is 7.50. The maximum atomic E-state index is 14.0. The summed E-state index contributed by atoms with van der Waals surface area (Å²) in [7, 11) is -3.06. The molecule has 3 aromatic carbocycles. The van der Waals surface area contributed by atoms with E-state index < -0.39 is 28.0 Å². The summed E-state index contributed by atoms with van der Waals surface area (Å²) in [4.78, 5) is 15.9. The molecule has 0 fully saturated rings. The van der Waals surface area contributed by atoms with Gasteiger partial charge in [-0.05, 0) is 42.1 Å². The van der Waals surface area contributed by atoms with Gasteiger partial charge >= 0.3 is 6.36 Å². The Morgan fingerprint density at radius 3 is 2.37 bits per heavy atom. The van der Waals surface area contributed by atoms with Crippen LogP contribution in [0.4, 0.5) is 19.0 Å². The first-order valence-electron chi connectivity index (χ1n) is 11.1. The smallest absolute Gasteiger partial charge is 0.496 e. The lowest BCUT2D eigenvalue weighted by molar-refractivity contribution is -0.274. The number of pyridine rings is 1. The fraction of sp³-hybridized carbons (Fsp3) is 0.154. The molecule has 8 nitrogen and oxygen atoms in total. The molecule has 198 valence electrons. The Balaban J connectivity index is 1.83. The van der Waals surface area contributed by atoms with Crippen LogP contribution in [-0.4, -0.2) is 32.8 Å². The zero-order chi connectivity index (χ0) is 27.7. The SMILES string of the molecule is COc1cc(S(=O)(=O)N(Cc2ccc(OC(F)(F)F)cc2)c2ncc3ccccc3c2C)ccc1C(N)=O. The van der Waals surface area contributed by atoms with Crippen molar-refractivity contribution in [3.05, 3.63) is 89.6 Å². The van der Waals surface area contributed by atoms with E-state index in [2.05, 4.69) is 9.72 Å². The molecule has 12 heteroatoms. The highest BCUT2D eigenvalue weighted by molar-refractivity contribution is 7.92. The molecule has 0 atom stereocenters. The van der Waals surface area contributed by atoms with Gasteiger partial charge in [0.05, 0.1) is 24.1 Å². The Kier molecular flexibility index (Phi) is 7.18. The number of anilines is 1. The van der Waals surface area contributed by atoms with Crippen LogP contribution in [0.2, 0.25) is 0 Å². The Labute approximate surface area is 216 Å². The van der Waals surface area contributed by atoms with Gasteiger partial charge in [-0.25, -0.2) is 17.7 Å². The first-order valence-corrected chi connectivity index (χ1v) is 12.5. The highest BCUT2D eigenvalue weighted by Crippen LogP contribution is 2.33. The number of carbonyl (C=O) groups is 1. The summed E-state index contributed by atoms with van der Waals surface area (Å²) in [6.45, 7) is 1.46. The van der Waals surface area contributed by atoms with E-state index in [0.717, 1.165) is 27.2 Å². The van der Waals surface area contributed by atoms with Crippen LogP contribution < -0.4 is 19.5 Å². The van der Waals surface area contributed by atoms with Gasteiger partial charge in [0.2, 0.25) is 0 Å². The standard InChI is InChI=1S/C26H22F3N3O5S/c1-16-21-6-4-3-5-18(21)14-31-25(16)32(15-17-7-9-19(10-8-17)37-26(27,28)29)38(34,35)20-11-12-22(24(30)33)23(13-20)36-2/h3-14H,15H2,1-2H3,(H2,30,33). The van der Waals surface area contributed by atoms with Crippen LogP contribution in [0.3, 0.4) is 0 Å². The number of halogens is 3. The van der Waals surface area contributed by atoms with Crippen molar-refractivity contribution >= 4 is 32.5 Å². The summed E-state index contributed by atoms with van der Waals surface area (Å²) in [5, 5.41) is 1.57. The number of hydrogen-bond acceptors (Lipinski definition) is 6. The third kappa shape index (κ3) is 5.49. The predicted octanol–water partition coefficient (Wildman–Crippen LogP) is 4.94. The van der Waals surface area contributed by atoms with Crippen molar-refractivity contribution in [2.45, 2.75) is 24.7 Å². The molecule has 1 amide bonds. The Morgan fingerprint density at radius 1 is 1.05 bits per heavy atom. The van der Waals surface area contributed by atoms with E-state index in [0.29, 0.717) is 11.1 Å². The number of nitrogens with zero attached hydrogens (tertiary/aromatic N) is 2. The molecule has 38 heavy (non-hydrogen) atoms. The van der Waals surface area contributed by atoms with Gasteiger partial charge in [-0.2, -0.15) is 0 Å². The lowest BCUT2D eigenvalue weighted by atomic mass is 10.1. The number of benzene rings is 3. The van der Waals surface area contributed by atoms with Gasteiger partial charge in [-0.1, -0.05) is 36.4 Å². The summed E-state index contributed by atoms with van der Waals surface area (Å²) in [5.41, 5.74) is 6.30. The number of amides is 1. The van der Waals surface area contributed by atoms with Gasteiger partial charge in [0.25, 0.3) is 15.9 Å². The van der Waals surface area contributed by atoms with Crippen LogP contribution in [0, 0.1) is 6.92 Å². The van der Waals surface area contributed by atoms with Crippen molar-refractivity contribution in [1.29, 1.82) is 0 Å². The van der Waals surface area contributed by atoms with E-state index in [1.54, 1.807) is 6.92 Å². The molecule has 0 saturated heterocycles. The van der Waals surface area contributed by atoms with Gasteiger partial charge in [-0.3, -0.25) is 4.79 Å². The molecular formula is C26H22F3N3O5S. The number of primary amides is 1. The molecule has 2 N–H and O–H groups in total. The molecule has 4 aromatic rings. The molecule has 0 spiro atoms. The molecule has 0 bridgehead atoms. The normalized spacial score (nSPS) is 11.8. The highest BCUT2D eigenvalue weighted by atomic mass is 32.2. The quantitative estimate of drug-likeness (QED) is 0.336. The Morgan fingerprint density at radius 2 is 1.74 bits per heavy atom. The van der Waals surface area contributed by atoms with Gasteiger partial charge in [0.15, 0.2) is 0 Å². The van der Waals surface area contributed by atoms with E-state index >= 15 is 0 Å². The van der Waals surface area contributed by atoms with Gasteiger partial charge < -0.3 is 15.2 Å². The maximum absolute atomic E-state index is 14.0. The lowest BCUT2D eigenvalue weighted by Crippen LogP contribution is -2.32. The number of sulfonamides is 1. The molecule has 0 radical (unpaired) electrons. The van der Waals surface area contributed by atoms with E-state index in [-0.39, 0.29) is 28.6 Å². The molecule has 0 unspecified atom stereocenters. The van der Waals surface area contributed by atoms with Gasteiger partial charge in [0, 0.05) is 23.2 Å². The number of carbonyl (C=O) groups excluding carboxylic acids is 1. The second-order valence-electron chi connectivity index (χ2n) is 8.22. The number of aromatic nitrogens is 1. The summed E-state index contributed by atoms with van der Waals surface area (Å²) in [6, 6.07) is 15.8. The number of ether oxygens (including phenoxy) is 2. The molecule has 1 heterocycles. The van der Waals surface area contributed by atoms with Crippen LogP contribution >= 0.6 is 0 Å². The van der Waals surface area contributed by atoms with Crippen molar-refractivity contribution in [2.24, 2.45) is 5.73 Å². The number of hydrogen-bond donors (Lipinski definition) is 1. The zero-order valence-corrected chi connectivity index (χ0v) is 21.0. The first kappa shape index (κ1) is 26.7. The summed E-state index contributed by atoms with van der Waals surface area (Å²) in [5.74, 6) is -1.15. The third-order valence-electron chi connectivity index (χ3n) is 5.77. The summed E-state index contributed by atoms with van der Waals surface area (Å²) in [6.07, 6.45) is -3.32. The van der Waals surface area contributed by atoms with Crippen LogP contribution in [0.1, 0.15) is 21.5 Å². The average molecular weight is 546 g/mol. The number of aryl methyl sites for hydroxylation is 1. The van der Waals surface area contributed by atoms with Gasteiger partial charge in [0.1, 0.15) is 17.3 Å². The molecule has 0 aliphatic heterocycles. The minimum atomic E-state index is -4.86. The van der Waals surface area contributed by atoms with Crippen molar-refractivity contribution in [1.82, 2.24) is 4.98 Å². The van der Waals surface area contributed by atoms with E-state index in [4.69, 9.17) is 10.5 Å². The largest absolute Gasteiger partial charge is 0.573 e. The number of alkyl halides is 3. The van der Waals surface area contributed by atoms with Crippen LogP contribution in [0.25, 0.3) is 10.8 Å². The van der Waals surface area contributed by atoms with E-state index in [1.807, 2.05) is 24.3 Å². The predicted molar refractivity (Wildman–Crippen MR) is 134 cm³/mol. The second-order valence-corrected chi connectivity index (χ2v) is 10.1.